The minimum Gasteiger partial charge on any atom is -0.384 e. The predicted octanol–water partition coefficient (Wildman–Crippen LogP) is 4.01. The van der Waals surface area contributed by atoms with Crippen molar-refractivity contribution in [1.82, 2.24) is 15.5 Å². The lowest BCUT2D eigenvalue weighted by Crippen LogP contribution is -2.58. The molecule has 4 bridgehead atoms. The van der Waals surface area contributed by atoms with Crippen molar-refractivity contribution in [1.29, 1.82) is 0 Å². The minimum absolute atomic E-state index is 0.118. The molecule has 2 heterocycles. The van der Waals surface area contributed by atoms with Crippen molar-refractivity contribution in [3.8, 4) is 0 Å². The molecule has 1 aromatic rings. The van der Waals surface area contributed by atoms with E-state index in [1.807, 2.05) is 6.07 Å². The van der Waals surface area contributed by atoms with E-state index in [4.69, 9.17) is 0 Å². The summed E-state index contributed by atoms with van der Waals surface area (Å²) in [6.45, 7) is 1.86. The smallest absolute Gasteiger partial charge is 0.264 e. The Balaban J connectivity index is 0.923. The molecule has 4 amide bonds. The summed E-state index contributed by atoms with van der Waals surface area (Å²) in [5.74, 6) is 1.07. The van der Waals surface area contributed by atoms with Gasteiger partial charge in [0.2, 0.25) is 11.8 Å². The monoisotopic (exact) mass is 520 g/mol. The third kappa shape index (κ3) is 4.88. The molecule has 1 saturated heterocycles. The first-order valence-corrected chi connectivity index (χ1v) is 14.8. The molecule has 2 aliphatic heterocycles. The lowest BCUT2D eigenvalue weighted by molar-refractivity contribution is -0.136. The van der Waals surface area contributed by atoms with Crippen LogP contribution >= 0.6 is 0 Å². The summed E-state index contributed by atoms with van der Waals surface area (Å²) < 4.78 is 0. The molecule has 0 aromatic heterocycles. The van der Waals surface area contributed by atoms with Crippen molar-refractivity contribution in [2.75, 3.05) is 18.4 Å². The van der Waals surface area contributed by atoms with E-state index in [1.54, 1.807) is 12.1 Å². The third-order valence-corrected chi connectivity index (χ3v) is 9.68. The molecule has 0 spiro atoms. The van der Waals surface area contributed by atoms with Gasteiger partial charge in [0.25, 0.3) is 11.8 Å². The van der Waals surface area contributed by atoms with Crippen LogP contribution in [0.2, 0.25) is 0 Å². The fourth-order valence-electron chi connectivity index (χ4n) is 8.35. The summed E-state index contributed by atoms with van der Waals surface area (Å²) in [5, 5.41) is 9.59. The summed E-state index contributed by atoms with van der Waals surface area (Å²) in [5.41, 5.74) is 1.74. The SMILES string of the molecule is O=C1CCC(N2C(=O)c3cccc(NCCCCCCCNC45CC6CC(CC(C6)C4)C5)c3C2=O)C(=O)N1. The Morgan fingerprint density at radius 2 is 1.50 bits per heavy atom. The van der Waals surface area contributed by atoms with Crippen LogP contribution in [0.25, 0.3) is 0 Å². The highest BCUT2D eigenvalue weighted by Crippen LogP contribution is 2.55. The number of hydrogen-bond acceptors (Lipinski definition) is 6. The lowest BCUT2D eigenvalue weighted by atomic mass is 9.53. The molecule has 3 N–H and O–H groups in total. The number of carbonyl (C=O) groups is 4. The van der Waals surface area contributed by atoms with Gasteiger partial charge in [-0.1, -0.05) is 25.3 Å². The number of nitrogens with one attached hydrogen (secondary N) is 3. The number of fused-ring (bicyclic) bond motifs is 1. The van der Waals surface area contributed by atoms with Crippen LogP contribution in [0.5, 0.6) is 0 Å². The van der Waals surface area contributed by atoms with E-state index in [9.17, 15) is 19.2 Å². The molecule has 204 valence electrons. The number of anilines is 1. The number of rotatable bonds is 11. The zero-order valence-electron chi connectivity index (χ0n) is 22.2. The van der Waals surface area contributed by atoms with Crippen molar-refractivity contribution >= 4 is 29.3 Å². The molecule has 1 atom stereocenters. The van der Waals surface area contributed by atoms with Gasteiger partial charge < -0.3 is 10.6 Å². The summed E-state index contributed by atoms with van der Waals surface area (Å²) in [7, 11) is 0. The number of nitrogens with zero attached hydrogens (tertiary/aromatic N) is 1. The second-order valence-corrected chi connectivity index (χ2v) is 12.5. The molecule has 4 saturated carbocycles. The molecular formula is C30H40N4O4. The van der Waals surface area contributed by atoms with Gasteiger partial charge in [-0.3, -0.25) is 29.4 Å². The average molecular weight is 521 g/mol. The number of carbonyl (C=O) groups excluding carboxylic acids is 4. The number of amides is 4. The van der Waals surface area contributed by atoms with Gasteiger partial charge in [0.05, 0.1) is 11.1 Å². The number of imide groups is 2. The second-order valence-electron chi connectivity index (χ2n) is 12.5. The van der Waals surface area contributed by atoms with Gasteiger partial charge in [-0.2, -0.15) is 0 Å². The first-order valence-electron chi connectivity index (χ1n) is 14.8. The van der Waals surface area contributed by atoms with Gasteiger partial charge >= 0.3 is 0 Å². The van der Waals surface area contributed by atoms with Gasteiger partial charge in [-0.25, -0.2) is 0 Å². The zero-order chi connectivity index (χ0) is 26.3. The van der Waals surface area contributed by atoms with E-state index in [0.717, 1.165) is 48.6 Å². The highest BCUT2D eigenvalue weighted by atomic mass is 16.2. The summed E-state index contributed by atoms with van der Waals surface area (Å²) in [4.78, 5) is 51.0. The number of piperidine rings is 1. The molecule has 0 radical (unpaired) electrons. The number of hydrogen-bond donors (Lipinski definition) is 3. The molecular weight excluding hydrogens is 480 g/mol. The van der Waals surface area contributed by atoms with Gasteiger partial charge in [0, 0.05) is 24.2 Å². The summed E-state index contributed by atoms with van der Waals surface area (Å²) in [6, 6.07) is 4.26. The highest BCUT2D eigenvalue weighted by Gasteiger charge is 2.50. The van der Waals surface area contributed by atoms with Crippen LogP contribution in [0.4, 0.5) is 5.69 Å². The van der Waals surface area contributed by atoms with Crippen molar-refractivity contribution in [3.63, 3.8) is 0 Å². The summed E-state index contributed by atoms with van der Waals surface area (Å²) in [6.07, 6.45) is 14.7. The van der Waals surface area contributed by atoms with Gasteiger partial charge in [0.1, 0.15) is 6.04 Å². The van der Waals surface area contributed by atoms with E-state index in [2.05, 4.69) is 16.0 Å². The molecule has 4 aliphatic carbocycles. The molecule has 5 fully saturated rings. The predicted molar refractivity (Wildman–Crippen MR) is 144 cm³/mol. The fraction of sp³-hybridized carbons (Fsp3) is 0.667. The third-order valence-electron chi connectivity index (χ3n) is 9.68. The van der Waals surface area contributed by atoms with Crippen LogP contribution in [0.15, 0.2) is 18.2 Å². The molecule has 38 heavy (non-hydrogen) atoms. The molecule has 1 unspecified atom stereocenters. The quantitative estimate of drug-likeness (QED) is 0.301. The molecule has 6 aliphatic rings. The Bertz CT molecular complexity index is 1100. The van der Waals surface area contributed by atoms with E-state index in [-0.39, 0.29) is 18.7 Å². The second kappa shape index (κ2) is 10.4. The highest BCUT2D eigenvalue weighted by molar-refractivity contribution is 6.25. The van der Waals surface area contributed by atoms with Gasteiger partial charge in [-0.05, 0) is 94.2 Å². The molecule has 7 rings (SSSR count). The van der Waals surface area contributed by atoms with E-state index in [0.29, 0.717) is 22.4 Å². The minimum atomic E-state index is -0.939. The van der Waals surface area contributed by atoms with Crippen molar-refractivity contribution in [2.45, 2.75) is 95.1 Å². The maximum absolute atomic E-state index is 13.2. The van der Waals surface area contributed by atoms with Crippen LogP contribution in [-0.2, 0) is 9.59 Å². The fourth-order valence-corrected chi connectivity index (χ4v) is 8.35. The first kappa shape index (κ1) is 25.5. The Morgan fingerprint density at radius 3 is 2.18 bits per heavy atom. The maximum atomic E-state index is 13.2. The lowest BCUT2D eigenvalue weighted by Gasteiger charge is -2.57. The van der Waals surface area contributed by atoms with E-state index in [1.165, 1.54) is 57.8 Å². The van der Waals surface area contributed by atoms with Crippen molar-refractivity contribution in [3.05, 3.63) is 29.3 Å². The van der Waals surface area contributed by atoms with Crippen molar-refractivity contribution < 1.29 is 19.2 Å². The maximum Gasteiger partial charge on any atom is 0.264 e. The van der Waals surface area contributed by atoms with Crippen LogP contribution in [0, 0.1) is 17.8 Å². The standard InChI is InChI=1S/C30H40N4O4/c35-25-10-9-24(27(36)33-25)34-28(37)22-7-6-8-23(26(22)29(34)38)31-11-4-2-1-3-5-12-32-30-16-19-13-20(17-30)15-21(14-19)18-30/h6-8,19-21,24,31-32H,1-5,9-18H2,(H,33,35,36). The first-order chi connectivity index (χ1) is 18.4. The average Bonchev–Trinajstić information content (AvgIpc) is 3.12. The van der Waals surface area contributed by atoms with Crippen LogP contribution in [0.1, 0.15) is 104 Å². The Labute approximate surface area is 224 Å². The van der Waals surface area contributed by atoms with Crippen LogP contribution in [0.3, 0.4) is 0 Å². The van der Waals surface area contributed by atoms with Crippen LogP contribution < -0.4 is 16.0 Å². The van der Waals surface area contributed by atoms with E-state index < -0.39 is 23.8 Å². The number of unbranched alkanes of at least 4 members (excludes halogenated alkanes) is 4. The normalized spacial score (nSPS) is 31.6. The molecule has 1 aromatic carbocycles. The van der Waals surface area contributed by atoms with Crippen molar-refractivity contribution in [2.24, 2.45) is 17.8 Å². The summed E-state index contributed by atoms with van der Waals surface area (Å²) >= 11 is 0. The van der Waals surface area contributed by atoms with Gasteiger partial charge in [-0.15, -0.1) is 0 Å². The Morgan fingerprint density at radius 1 is 0.842 bits per heavy atom. The molecule has 8 nitrogen and oxygen atoms in total. The zero-order valence-corrected chi connectivity index (χ0v) is 22.2. The number of benzene rings is 1. The Kier molecular flexibility index (Phi) is 7.01. The topological polar surface area (TPSA) is 108 Å². The van der Waals surface area contributed by atoms with Gasteiger partial charge in [0.15, 0.2) is 0 Å². The molecule has 8 heteroatoms. The van der Waals surface area contributed by atoms with E-state index >= 15 is 0 Å². The Hall–Kier alpha value is -2.74. The largest absolute Gasteiger partial charge is 0.384 e. The van der Waals surface area contributed by atoms with Crippen LogP contribution in [-0.4, -0.2) is 53.2 Å².